The van der Waals surface area contributed by atoms with Gasteiger partial charge in [0.15, 0.2) is 0 Å². The van der Waals surface area contributed by atoms with Crippen molar-refractivity contribution >= 4 is 21.6 Å². The number of benzene rings is 2. The van der Waals surface area contributed by atoms with Crippen LogP contribution >= 0.6 is 15.9 Å². The van der Waals surface area contributed by atoms with Gasteiger partial charge in [0.25, 0.3) is 0 Å². The average molecular weight is 336 g/mol. The fraction of sp³-hybridized carbons (Fsp3) is 0.250. The minimum absolute atomic E-state index is 0.0831. The number of aryl methyl sites for hydroxylation is 1. The molecule has 0 radical (unpaired) electrons. The van der Waals surface area contributed by atoms with Crippen LogP contribution in [0.1, 0.15) is 12.0 Å². The van der Waals surface area contributed by atoms with E-state index < -0.39 is 0 Å². The molecule has 1 heterocycles. The summed E-state index contributed by atoms with van der Waals surface area (Å²) in [6.07, 6.45) is 2.01. The first-order chi connectivity index (χ1) is 9.72. The fourth-order valence-electron chi connectivity index (χ4n) is 2.40. The van der Waals surface area contributed by atoms with E-state index in [4.69, 9.17) is 4.74 Å². The zero-order valence-corrected chi connectivity index (χ0v) is 12.5. The molecule has 0 saturated heterocycles. The molecule has 4 heteroatoms. The Bertz CT molecular complexity index is 590. The SMILES string of the molecule is Fc1ccc(OC2CCc3ccccc3NC2)cc1Br. The van der Waals surface area contributed by atoms with Gasteiger partial charge in [0, 0.05) is 5.69 Å². The van der Waals surface area contributed by atoms with E-state index in [1.54, 1.807) is 12.1 Å². The molecular formula is C16H15BrFNO. The molecular weight excluding hydrogens is 321 g/mol. The number of para-hydroxylation sites is 1. The molecule has 20 heavy (non-hydrogen) atoms. The standard InChI is InChI=1S/C16H15BrFNO/c17-14-9-12(7-8-15(14)18)20-13-6-5-11-3-1-2-4-16(11)19-10-13/h1-4,7-9,13,19H,5-6,10H2. The van der Waals surface area contributed by atoms with Gasteiger partial charge in [0.2, 0.25) is 0 Å². The van der Waals surface area contributed by atoms with Gasteiger partial charge in [0.1, 0.15) is 17.7 Å². The second-order valence-electron chi connectivity index (χ2n) is 4.89. The number of ether oxygens (including phenoxy) is 1. The van der Waals surface area contributed by atoms with Crippen molar-refractivity contribution in [3.05, 3.63) is 58.3 Å². The Morgan fingerprint density at radius 1 is 1.20 bits per heavy atom. The summed E-state index contributed by atoms with van der Waals surface area (Å²) in [5.41, 5.74) is 2.50. The summed E-state index contributed by atoms with van der Waals surface area (Å²) < 4.78 is 19.6. The van der Waals surface area contributed by atoms with Crippen molar-refractivity contribution in [3.8, 4) is 5.75 Å². The second-order valence-corrected chi connectivity index (χ2v) is 5.75. The van der Waals surface area contributed by atoms with Crippen molar-refractivity contribution in [1.82, 2.24) is 0 Å². The van der Waals surface area contributed by atoms with Gasteiger partial charge in [-0.2, -0.15) is 0 Å². The molecule has 1 N–H and O–H groups in total. The van der Waals surface area contributed by atoms with E-state index in [1.165, 1.54) is 17.3 Å². The van der Waals surface area contributed by atoms with E-state index in [0.29, 0.717) is 10.2 Å². The second kappa shape index (κ2) is 5.83. The number of anilines is 1. The lowest BCUT2D eigenvalue weighted by Gasteiger charge is -2.17. The zero-order chi connectivity index (χ0) is 13.9. The molecule has 0 fully saturated rings. The fourth-order valence-corrected chi connectivity index (χ4v) is 2.75. The molecule has 1 aliphatic heterocycles. The van der Waals surface area contributed by atoms with Crippen LogP contribution in [-0.4, -0.2) is 12.6 Å². The Labute approximate surface area is 126 Å². The van der Waals surface area contributed by atoms with Crippen LogP contribution in [0, 0.1) is 5.82 Å². The van der Waals surface area contributed by atoms with E-state index in [9.17, 15) is 4.39 Å². The summed E-state index contributed by atoms with van der Waals surface area (Å²) in [5, 5.41) is 3.41. The van der Waals surface area contributed by atoms with E-state index in [0.717, 1.165) is 19.4 Å². The van der Waals surface area contributed by atoms with Crippen LogP contribution in [0.4, 0.5) is 10.1 Å². The van der Waals surface area contributed by atoms with Gasteiger partial charge in [-0.25, -0.2) is 4.39 Å². The van der Waals surface area contributed by atoms with Crippen molar-refractivity contribution in [2.75, 3.05) is 11.9 Å². The van der Waals surface area contributed by atoms with Crippen LogP contribution in [0.15, 0.2) is 46.9 Å². The summed E-state index contributed by atoms with van der Waals surface area (Å²) in [6.45, 7) is 0.756. The third-order valence-electron chi connectivity index (χ3n) is 3.47. The Kier molecular flexibility index (Phi) is 3.92. The molecule has 1 unspecified atom stereocenters. The van der Waals surface area contributed by atoms with Crippen LogP contribution in [0.5, 0.6) is 5.75 Å². The predicted molar refractivity (Wildman–Crippen MR) is 81.8 cm³/mol. The Hall–Kier alpha value is -1.55. The van der Waals surface area contributed by atoms with Crippen LogP contribution in [0.3, 0.4) is 0 Å². The molecule has 1 aliphatic rings. The largest absolute Gasteiger partial charge is 0.489 e. The summed E-state index contributed by atoms with van der Waals surface area (Å²) in [7, 11) is 0. The molecule has 0 aromatic heterocycles. The van der Waals surface area contributed by atoms with Crippen molar-refractivity contribution in [1.29, 1.82) is 0 Å². The summed E-state index contributed by atoms with van der Waals surface area (Å²) >= 11 is 3.18. The number of hydrogen-bond acceptors (Lipinski definition) is 2. The smallest absolute Gasteiger partial charge is 0.137 e. The number of rotatable bonds is 2. The molecule has 0 bridgehead atoms. The molecule has 2 aromatic rings. The van der Waals surface area contributed by atoms with Crippen LogP contribution in [0.25, 0.3) is 0 Å². The first kappa shape index (κ1) is 13.4. The molecule has 0 aliphatic carbocycles. The van der Waals surface area contributed by atoms with Crippen molar-refractivity contribution in [2.45, 2.75) is 18.9 Å². The highest BCUT2D eigenvalue weighted by Crippen LogP contribution is 2.26. The lowest BCUT2D eigenvalue weighted by molar-refractivity contribution is 0.206. The van der Waals surface area contributed by atoms with Gasteiger partial charge in [-0.3, -0.25) is 0 Å². The summed E-state index contributed by atoms with van der Waals surface area (Å²) in [6, 6.07) is 13.1. The number of halogens is 2. The first-order valence-electron chi connectivity index (χ1n) is 6.66. The van der Waals surface area contributed by atoms with Crippen molar-refractivity contribution in [2.24, 2.45) is 0 Å². The Balaban J connectivity index is 1.69. The molecule has 2 nitrogen and oxygen atoms in total. The molecule has 0 amide bonds. The lowest BCUT2D eigenvalue weighted by atomic mass is 10.1. The van der Waals surface area contributed by atoms with Crippen molar-refractivity contribution in [3.63, 3.8) is 0 Å². The topological polar surface area (TPSA) is 21.3 Å². The molecule has 0 spiro atoms. The molecule has 0 saturated carbocycles. The van der Waals surface area contributed by atoms with Crippen LogP contribution in [0.2, 0.25) is 0 Å². The number of nitrogens with one attached hydrogen (secondary N) is 1. The van der Waals surface area contributed by atoms with Crippen LogP contribution in [-0.2, 0) is 6.42 Å². The maximum absolute atomic E-state index is 13.2. The normalized spacial score (nSPS) is 17.8. The third-order valence-corrected chi connectivity index (χ3v) is 4.07. The highest BCUT2D eigenvalue weighted by Gasteiger charge is 2.17. The van der Waals surface area contributed by atoms with Gasteiger partial charge >= 0.3 is 0 Å². The number of hydrogen-bond donors (Lipinski definition) is 1. The summed E-state index contributed by atoms with van der Waals surface area (Å²) in [4.78, 5) is 0. The highest BCUT2D eigenvalue weighted by atomic mass is 79.9. The minimum Gasteiger partial charge on any atom is -0.489 e. The molecule has 1 atom stereocenters. The number of fused-ring (bicyclic) bond motifs is 1. The highest BCUT2D eigenvalue weighted by molar-refractivity contribution is 9.10. The van der Waals surface area contributed by atoms with E-state index in [1.807, 2.05) is 6.07 Å². The maximum atomic E-state index is 13.2. The van der Waals surface area contributed by atoms with Gasteiger partial charge in [-0.15, -0.1) is 0 Å². The van der Waals surface area contributed by atoms with Gasteiger partial charge in [-0.05, 0) is 58.6 Å². The first-order valence-corrected chi connectivity index (χ1v) is 7.45. The van der Waals surface area contributed by atoms with Gasteiger partial charge in [-0.1, -0.05) is 18.2 Å². The van der Waals surface area contributed by atoms with Gasteiger partial charge < -0.3 is 10.1 Å². The average Bonchev–Trinajstić information content (AvgIpc) is 2.66. The van der Waals surface area contributed by atoms with E-state index >= 15 is 0 Å². The monoisotopic (exact) mass is 335 g/mol. The Morgan fingerprint density at radius 3 is 2.90 bits per heavy atom. The van der Waals surface area contributed by atoms with Crippen LogP contribution < -0.4 is 10.1 Å². The van der Waals surface area contributed by atoms with Crippen molar-refractivity contribution < 1.29 is 9.13 Å². The van der Waals surface area contributed by atoms with E-state index in [2.05, 4.69) is 39.4 Å². The maximum Gasteiger partial charge on any atom is 0.137 e. The third kappa shape index (κ3) is 2.96. The molecule has 104 valence electrons. The Morgan fingerprint density at radius 2 is 2.05 bits per heavy atom. The zero-order valence-electron chi connectivity index (χ0n) is 10.9. The van der Waals surface area contributed by atoms with Gasteiger partial charge in [0.05, 0.1) is 11.0 Å². The lowest BCUT2D eigenvalue weighted by Crippen LogP contribution is -2.24. The quantitative estimate of drug-likeness (QED) is 0.878. The molecule has 3 rings (SSSR count). The minimum atomic E-state index is -0.274. The summed E-state index contributed by atoms with van der Waals surface area (Å²) in [5.74, 6) is 0.416. The molecule has 2 aromatic carbocycles. The van der Waals surface area contributed by atoms with E-state index in [-0.39, 0.29) is 11.9 Å². The predicted octanol–water partition coefficient (Wildman–Crippen LogP) is 4.39.